The Morgan fingerprint density at radius 1 is 0.897 bits per heavy atom. The van der Waals surface area contributed by atoms with Crippen molar-refractivity contribution in [1.29, 1.82) is 0 Å². The van der Waals surface area contributed by atoms with Crippen LogP contribution in [0, 0.1) is 0 Å². The van der Waals surface area contributed by atoms with E-state index in [0.29, 0.717) is 49.2 Å². The maximum absolute atomic E-state index is 14.0. The summed E-state index contributed by atoms with van der Waals surface area (Å²) in [5.74, 6) is 0.649. The molecule has 0 radical (unpaired) electrons. The van der Waals surface area contributed by atoms with Crippen molar-refractivity contribution < 1.29 is 28.2 Å². The Bertz CT molecular complexity index is 1280. The van der Waals surface area contributed by atoms with Crippen LogP contribution in [0.3, 0.4) is 0 Å². The first-order valence-corrected chi connectivity index (χ1v) is 13.7. The number of nitrogens with one attached hydrogen (secondary N) is 1. The fourth-order valence-corrected chi connectivity index (χ4v) is 5.54. The highest BCUT2D eigenvalue weighted by atomic mass is 16.6. The van der Waals surface area contributed by atoms with Crippen molar-refractivity contribution in [1.82, 2.24) is 5.32 Å². The highest BCUT2D eigenvalue weighted by Gasteiger charge is 2.36. The molecule has 9 heteroatoms. The molecule has 6 rings (SSSR count). The summed E-state index contributed by atoms with van der Waals surface area (Å²) in [6.45, 7) is 3.87. The number of benzene rings is 2. The zero-order valence-electron chi connectivity index (χ0n) is 21.8. The van der Waals surface area contributed by atoms with Crippen LogP contribution >= 0.6 is 0 Å². The van der Waals surface area contributed by atoms with E-state index in [-0.39, 0.29) is 17.7 Å². The molecule has 1 N–H and O–H groups in total. The van der Waals surface area contributed by atoms with Gasteiger partial charge in [-0.25, -0.2) is 0 Å². The maximum Gasteiger partial charge on any atom is 0.294 e. The molecule has 2 aliphatic heterocycles. The number of ether oxygens (including phenoxy) is 3. The molecule has 3 aliphatic rings. The van der Waals surface area contributed by atoms with Crippen molar-refractivity contribution in [3.63, 3.8) is 0 Å². The number of hydrogen-bond acceptors (Lipinski definition) is 7. The maximum atomic E-state index is 14.0. The van der Waals surface area contributed by atoms with Crippen LogP contribution in [-0.4, -0.2) is 57.4 Å². The van der Waals surface area contributed by atoms with Crippen LogP contribution in [0.1, 0.15) is 47.8 Å². The summed E-state index contributed by atoms with van der Waals surface area (Å²) in [6.07, 6.45) is 5.50. The molecule has 1 aromatic heterocycles. The van der Waals surface area contributed by atoms with Gasteiger partial charge in [0.1, 0.15) is 19.3 Å². The molecule has 39 heavy (non-hydrogen) atoms. The van der Waals surface area contributed by atoms with E-state index in [0.717, 1.165) is 44.5 Å². The van der Waals surface area contributed by atoms with Crippen LogP contribution < -0.4 is 24.6 Å². The minimum absolute atomic E-state index is 0.0912. The lowest BCUT2D eigenvalue weighted by molar-refractivity contribution is -0.123. The van der Waals surface area contributed by atoms with E-state index in [2.05, 4.69) is 10.2 Å². The van der Waals surface area contributed by atoms with Gasteiger partial charge in [-0.1, -0.05) is 25.0 Å². The lowest BCUT2D eigenvalue weighted by Crippen LogP contribution is -2.46. The van der Waals surface area contributed by atoms with Gasteiger partial charge < -0.3 is 28.8 Å². The van der Waals surface area contributed by atoms with Crippen LogP contribution in [0.5, 0.6) is 11.5 Å². The molecule has 2 amide bonds. The lowest BCUT2D eigenvalue weighted by atomic mass is 10.0. The predicted octanol–water partition coefficient (Wildman–Crippen LogP) is 4.33. The number of anilines is 2. The molecule has 0 unspecified atom stereocenters. The van der Waals surface area contributed by atoms with Crippen molar-refractivity contribution >= 4 is 23.2 Å². The molecule has 1 saturated heterocycles. The second-order valence-corrected chi connectivity index (χ2v) is 10.1. The summed E-state index contributed by atoms with van der Waals surface area (Å²) < 4.78 is 22.5. The largest absolute Gasteiger partial charge is 0.486 e. The standard InChI is InChI=1S/C30H33N3O6/c34-29(31-22-4-1-2-5-22)28(21-7-9-23(10-8-21)32-13-16-36-17-14-32)33(30(35)26-6-3-15-37-26)24-11-12-25-27(20-24)39-19-18-38-25/h3,6-12,15,20,22,28H,1-2,4-5,13-14,16-19H2,(H,31,34)/t28-/m1/s1. The molecule has 1 aliphatic carbocycles. The molecule has 0 bridgehead atoms. The van der Waals surface area contributed by atoms with E-state index in [9.17, 15) is 9.59 Å². The molecular formula is C30H33N3O6. The third-order valence-electron chi connectivity index (χ3n) is 7.55. The third kappa shape index (κ3) is 5.45. The first kappa shape index (κ1) is 25.3. The first-order chi connectivity index (χ1) is 19.2. The highest BCUT2D eigenvalue weighted by Crippen LogP contribution is 2.38. The average Bonchev–Trinajstić information content (AvgIpc) is 3.71. The Hall–Kier alpha value is -3.98. The van der Waals surface area contributed by atoms with E-state index in [1.54, 1.807) is 30.3 Å². The zero-order valence-corrected chi connectivity index (χ0v) is 21.8. The molecular weight excluding hydrogens is 498 g/mol. The minimum atomic E-state index is -0.926. The van der Waals surface area contributed by atoms with Crippen molar-refractivity contribution in [2.75, 3.05) is 49.3 Å². The smallest absolute Gasteiger partial charge is 0.294 e. The minimum Gasteiger partial charge on any atom is -0.486 e. The molecule has 3 aromatic rings. The number of fused-ring (bicyclic) bond motifs is 1. The molecule has 3 heterocycles. The van der Waals surface area contributed by atoms with Gasteiger partial charge in [0.2, 0.25) is 5.91 Å². The lowest BCUT2D eigenvalue weighted by Gasteiger charge is -2.33. The number of carbonyl (C=O) groups excluding carboxylic acids is 2. The highest BCUT2D eigenvalue weighted by molar-refractivity contribution is 6.09. The SMILES string of the molecule is O=C(NC1CCCC1)[C@@H](c1ccc(N2CCOCC2)cc1)N(C(=O)c1ccco1)c1ccc2c(c1)OCCO2. The monoisotopic (exact) mass is 531 g/mol. The third-order valence-corrected chi connectivity index (χ3v) is 7.55. The van der Waals surface area contributed by atoms with Gasteiger partial charge in [-0.15, -0.1) is 0 Å². The first-order valence-electron chi connectivity index (χ1n) is 13.7. The van der Waals surface area contributed by atoms with Crippen molar-refractivity contribution in [2.45, 2.75) is 37.8 Å². The molecule has 1 saturated carbocycles. The molecule has 0 spiro atoms. The number of hydrogen-bond donors (Lipinski definition) is 1. The summed E-state index contributed by atoms with van der Waals surface area (Å²) in [5, 5.41) is 3.22. The number of carbonyl (C=O) groups is 2. The number of rotatable bonds is 7. The van der Waals surface area contributed by atoms with Gasteiger partial charge in [0.05, 0.1) is 19.5 Å². The van der Waals surface area contributed by atoms with Crippen LogP contribution in [-0.2, 0) is 9.53 Å². The number of morpholine rings is 1. The Kier molecular flexibility index (Phi) is 7.40. The van der Waals surface area contributed by atoms with Gasteiger partial charge in [0, 0.05) is 36.6 Å². The number of amides is 2. The van der Waals surface area contributed by atoms with E-state index >= 15 is 0 Å². The predicted molar refractivity (Wildman–Crippen MR) is 146 cm³/mol. The van der Waals surface area contributed by atoms with Crippen LogP contribution in [0.4, 0.5) is 11.4 Å². The zero-order chi connectivity index (χ0) is 26.6. The van der Waals surface area contributed by atoms with Gasteiger partial charge in [0.25, 0.3) is 5.91 Å². The molecule has 2 fully saturated rings. The average molecular weight is 532 g/mol. The van der Waals surface area contributed by atoms with Gasteiger partial charge in [-0.05, 0) is 54.8 Å². The fraction of sp³-hybridized carbons (Fsp3) is 0.400. The topological polar surface area (TPSA) is 93.5 Å². The quantitative estimate of drug-likeness (QED) is 0.485. The van der Waals surface area contributed by atoms with Crippen molar-refractivity contribution in [3.8, 4) is 11.5 Å². The summed E-state index contributed by atoms with van der Waals surface area (Å²) in [7, 11) is 0. The van der Waals surface area contributed by atoms with Gasteiger partial charge in [-0.2, -0.15) is 0 Å². The van der Waals surface area contributed by atoms with Crippen LogP contribution in [0.2, 0.25) is 0 Å². The Labute approximate surface area is 227 Å². The second-order valence-electron chi connectivity index (χ2n) is 10.1. The normalized spacial score (nSPS) is 18.0. The summed E-state index contributed by atoms with van der Waals surface area (Å²) in [4.78, 5) is 31.8. The Morgan fingerprint density at radius 3 is 2.36 bits per heavy atom. The van der Waals surface area contributed by atoms with Crippen LogP contribution in [0.15, 0.2) is 65.3 Å². The molecule has 204 valence electrons. The van der Waals surface area contributed by atoms with E-state index in [4.69, 9.17) is 18.6 Å². The fourth-order valence-electron chi connectivity index (χ4n) is 5.54. The van der Waals surface area contributed by atoms with E-state index < -0.39 is 11.9 Å². The van der Waals surface area contributed by atoms with Gasteiger partial charge >= 0.3 is 0 Å². The van der Waals surface area contributed by atoms with E-state index in [1.807, 2.05) is 24.3 Å². The number of nitrogens with zero attached hydrogens (tertiary/aromatic N) is 2. The van der Waals surface area contributed by atoms with Gasteiger partial charge in [-0.3, -0.25) is 14.5 Å². The summed E-state index contributed by atoms with van der Waals surface area (Å²) >= 11 is 0. The number of furan rings is 1. The van der Waals surface area contributed by atoms with Crippen molar-refractivity contribution in [3.05, 3.63) is 72.2 Å². The van der Waals surface area contributed by atoms with E-state index in [1.165, 1.54) is 11.2 Å². The second kappa shape index (κ2) is 11.4. The van der Waals surface area contributed by atoms with Crippen molar-refractivity contribution in [2.24, 2.45) is 0 Å². The Morgan fingerprint density at radius 2 is 1.64 bits per heavy atom. The molecule has 9 nitrogen and oxygen atoms in total. The summed E-state index contributed by atoms with van der Waals surface area (Å²) in [5.41, 5.74) is 2.28. The summed E-state index contributed by atoms with van der Waals surface area (Å²) in [6, 6.07) is 15.7. The molecule has 1 atom stereocenters. The van der Waals surface area contributed by atoms with Crippen LogP contribution in [0.25, 0.3) is 0 Å². The Balaban J connectivity index is 1.41. The van der Waals surface area contributed by atoms with Gasteiger partial charge in [0.15, 0.2) is 17.3 Å². The molecule has 2 aromatic carbocycles.